The molecule has 1 fully saturated rings. The number of hydrogen-bond acceptors (Lipinski definition) is 3. The van der Waals surface area contributed by atoms with Gasteiger partial charge in [0.1, 0.15) is 11.5 Å². The van der Waals surface area contributed by atoms with E-state index in [9.17, 15) is 13.2 Å². The van der Waals surface area contributed by atoms with E-state index in [1.54, 1.807) is 7.11 Å². The van der Waals surface area contributed by atoms with Gasteiger partial charge in [0, 0.05) is 18.3 Å². The average molecular weight is 396 g/mol. The summed E-state index contributed by atoms with van der Waals surface area (Å²) in [6.07, 6.45) is -2.57. The molecule has 0 amide bonds. The fourth-order valence-electron chi connectivity index (χ4n) is 2.62. The van der Waals surface area contributed by atoms with Crippen molar-refractivity contribution in [2.75, 3.05) is 12.4 Å². The molecule has 144 valence electrons. The van der Waals surface area contributed by atoms with Crippen LogP contribution < -0.4 is 14.8 Å². The molecular formula is C19H19F3N2O2S. The number of rotatable bonds is 6. The van der Waals surface area contributed by atoms with Crippen molar-refractivity contribution in [3.8, 4) is 11.5 Å². The Labute approximate surface area is 160 Å². The number of methoxy groups -OCH3 is 1. The summed E-state index contributed by atoms with van der Waals surface area (Å²) >= 11 is 5.52. The second-order valence-corrected chi connectivity index (χ2v) is 6.60. The Hall–Kier alpha value is -2.48. The molecule has 2 aromatic carbocycles. The fourth-order valence-corrected chi connectivity index (χ4v) is 2.95. The largest absolute Gasteiger partial charge is 0.573 e. The first-order chi connectivity index (χ1) is 12.8. The highest BCUT2D eigenvalue weighted by atomic mass is 32.1. The normalized spacial score (nSPS) is 13.8. The Morgan fingerprint density at radius 2 is 1.67 bits per heavy atom. The van der Waals surface area contributed by atoms with Crippen LogP contribution in [0.25, 0.3) is 0 Å². The Kier molecular flexibility index (Phi) is 5.74. The standard InChI is InChI=1S/C19H19F3N2O2S/c1-25-16-8-2-13(3-9-16)12-24(15-6-7-15)18(27)23-14-4-10-17(11-5-14)26-19(20,21)22/h2-5,8-11,15H,6-7,12H2,1H3,(H,23,27). The second-order valence-electron chi connectivity index (χ2n) is 6.21. The molecule has 0 unspecified atom stereocenters. The van der Waals surface area contributed by atoms with Crippen molar-refractivity contribution in [3.63, 3.8) is 0 Å². The Morgan fingerprint density at radius 3 is 2.19 bits per heavy atom. The highest BCUT2D eigenvalue weighted by molar-refractivity contribution is 7.80. The van der Waals surface area contributed by atoms with E-state index < -0.39 is 6.36 Å². The predicted octanol–water partition coefficient (Wildman–Crippen LogP) is 4.96. The third kappa shape index (κ3) is 5.75. The van der Waals surface area contributed by atoms with Crippen LogP contribution in [0.1, 0.15) is 18.4 Å². The van der Waals surface area contributed by atoms with Gasteiger partial charge < -0.3 is 19.7 Å². The van der Waals surface area contributed by atoms with Crippen molar-refractivity contribution in [3.05, 3.63) is 54.1 Å². The molecule has 0 saturated heterocycles. The zero-order valence-electron chi connectivity index (χ0n) is 14.6. The van der Waals surface area contributed by atoms with Crippen LogP contribution in [-0.4, -0.2) is 29.5 Å². The lowest BCUT2D eigenvalue weighted by atomic mass is 10.2. The summed E-state index contributed by atoms with van der Waals surface area (Å²) in [5, 5.41) is 3.63. The Morgan fingerprint density at radius 1 is 1.07 bits per heavy atom. The van der Waals surface area contributed by atoms with Crippen LogP contribution in [0.4, 0.5) is 18.9 Å². The molecule has 0 atom stereocenters. The second kappa shape index (κ2) is 8.04. The smallest absolute Gasteiger partial charge is 0.497 e. The zero-order chi connectivity index (χ0) is 19.4. The number of halogens is 3. The molecule has 0 heterocycles. The number of alkyl halides is 3. The van der Waals surface area contributed by atoms with Gasteiger partial charge in [-0.05, 0) is 67.0 Å². The lowest BCUT2D eigenvalue weighted by molar-refractivity contribution is -0.274. The van der Waals surface area contributed by atoms with Gasteiger partial charge in [-0.25, -0.2) is 0 Å². The quantitative estimate of drug-likeness (QED) is 0.699. The van der Waals surface area contributed by atoms with E-state index in [-0.39, 0.29) is 5.75 Å². The number of hydrogen-bond donors (Lipinski definition) is 1. The molecule has 0 bridgehead atoms. The SMILES string of the molecule is COc1ccc(CN(C(=S)Nc2ccc(OC(F)(F)F)cc2)C2CC2)cc1. The van der Waals surface area contributed by atoms with Crippen LogP contribution in [0.5, 0.6) is 11.5 Å². The molecule has 0 spiro atoms. The van der Waals surface area contributed by atoms with Crippen LogP contribution in [0.3, 0.4) is 0 Å². The van der Waals surface area contributed by atoms with E-state index in [4.69, 9.17) is 17.0 Å². The van der Waals surface area contributed by atoms with Gasteiger partial charge in [-0.3, -0.25) is 0 Å². The monoisotopic (exact) mass is 396 g/mol. The molecule has 0 aromatic heterocycles. The maximum absolute atomic E-state index is 12.2. The van der Waals surface area contributed by atoms with Crippen LogP contribution >= 0.6 is 12.2 Å². The molecule has 8 heteroatoms. The van der Waals surface area contributed by atoms with E-state index in [0.29, 0.717) is 23.4 Å². The molecule has 1 saturated carbocycles. The first-order valence-corrected chi connectivity index (χ1v) is 8.81. The fraction of sp³-hybridized carbons (Fsp3) is 0.316. The first kappa shape index (κ1) is 19.3. The third-order valence-corrected chi connectivity index (χ3v) is 4.44. The topological polar surface area (TPSA) is 33.7 Å². The van der Waals surface area contributed by atoms with Crippen LogP contribution in [0.15, 0.2) is 48.5 Å². The molecule has 3 rings (SSSR count). The number of nitrogens with zero attached hydrogens (tertiary/aromatic N) is 1. The Balaban J connectivity index is 1.63. The number of anilines is 1. The van der Waals surface area contributed by atoms with E-state index in [1.807, 2.05) is 24.3 Å². The van der Waals surface area contributed by atoms with Gasteiger partial charge in [-0.15, -0.1) is 13.2 Å². The van der Waals surface area contributed by atoms with Gasteiger partial charge in [0.2, 0.25) is 0 Å². The highest BCUT2D eigenvalue weighted by Crippen LogP contribution is 2.30. The summed E-state index contributed by atoms with van der Waals surface area (Å²) in [6.45, 7) is 0.649. The lowest BCUT2D eigenvalue weighted by Crippen LogP contribution is -2.36. The van der Waals surface area contributed by atoms with Crippen molar-refractivity contribution in [2.24, 2.45) is 0 Å². The molecule has 1 N–H and O–H groups in total. The molecule has 1 aliphatic carbocycles. The van der Waals surface area contributed by atoms with Gasteiger partial charge in [0.05, 0.1) is 7.11 Å². The maximum Gasteiger partial charge on any atom is 0.573 e. The van der Waals surface area contributed by atoms with Gasteiger partial charge in [-0.1, -0.05) is 12.1 Å². The van der Waals surface area contributed by atoms with Crippen molar-refractivity contribution >= 4 is 23.0 Å². The first-order valence-electron chi connectivity index (χ1n) is 8.40. The zero-order valence-corrected chi connectivity index (χ0v) is 15.4. The van der Waals surface area contributed by atoms with E-state index in [2.05, 4.69) is 15.0 Å². The molecule has 1 aliphatic rings. The number of ether oxygens (including phenoxy) is 2. The predicted molar refractivity (Wildman–Crippen MR) is 101 cm³/mol. The average Bonchev–Trinajstić information content (AvgIpc) is 3.45. The summed E-state index contributed by atoms with van der Waals surface area (Å²) in [7, 11) is 1.62. The highest BCUT2D eigenvalue weighted by Gasteiger charge is 2.32. The van der Waals surface area contributed by atoms with Gasteiger partial charge in [-0.2, -0.15) is 0 Å². The van der Waals surface area contributed by atoms with Crippen LogP contribution in [0.2, 0.25) is 0 Å². The van der Waals surface area contributed by atoms with Gasteiger partial charge in [0.25, 0.3) is 0 Å². The van der Waals surface area contributed by atoms with Crippen molar-refractivity contribution < 1.29 is 22.6 Å². The van der Waals surface area contributed by atoms with Crippen molar-refractivity contribution in [1.29, 1.82) is 0 Å². The minimum Gasteiger partial charge on any atom is -0.497 e. The molecule has 27 heavy (non-hydrogen) atoms. The lowest BCUT2D eigenvalue weighted by Gasteiger charge is -2.26. The molecule has 0 aliphatic heterocycles. The summed E-state index contributed by atoms with van der Waals surface area (Å²) in [5.41, 5.74) is 1.70. The number of benzene rings is 2. The minimum absolute atomic E-state index is 0.267. The minimum atomic E-state index is -4.70. The van der Waals surface area contributed by atoms with E-state index >= 15 is 0 Å². The summed E-state index contributed by atoms with van der Waals surface area (Å²) in [5.74, 6) is 0.523. The summed E-state index contributed by atoms with van der Waals surface area (Å²) in [4.78, 5) is 2.09. The Bertz CT molecular complexity index is 775. The molecule has 4 nitrogen and oxygen atoms in total. The van der Waals surface area contributed by atoms with E-state index in [1.165, 1.54) is 24.3 Å². The molecule has 2 aromatic rings. The van der Waals surface area contributed by atoms with Crippen LogP contribution in [-0.2, 0) is 6.54 Å². The van der Waals surface area contributed by atoms with Crippen molar-refractivity contribution in [2.45, 2.75) is 31.8 Å². The van der Waals surface area contributed by atoms with Gasteiger partial charge >= 0.3 is 6.36 Å². The third-order valence-electron chi connectivity index (χ3n) is 4.10. The summed E-state index contributed by atoms with van der Waals surface area (Å²) < 4.78 is 45.7. The van der Waals surface area contributed by atoms with Gasteiger partial charge in [0.15, 0.2) is 5.11 Å². The molecular weight excluding hydrogens is 377 g/mol. The van der Waals surface area contributed by atoms with Crippen LogP contribution in [0, 0.1) is 0 Å². The maximum atomic E-state index is 12.2. The summed E-state index contributed by atoms with van der Waals surface area (Å²) in [6, 6.07) is 13.7. The molecule has 0 radical (unpaired) electrons. The van der Waals surface area contributed by atoms with E-state index in [0.717, 1.165) is 24.2 Å². The van der Waals surface area contributed by atoms with Crippen molar-refractivity contribution in [1.82, 2.24) is 4.90 Å². The number of thiocarbonyl (C=S) groups is 1. The number of nitrogens with one attached hydrogen (secondary N) is 1.